The molecular weight excluding hydrogens is 386 g/mol. The maximum absolute atomic E-state index is 12.2. The van der Waals surface area contributed by atoms with Gasteiger partial charge in [-0.25, -0.2) is 0 Å². The molecule has 2 N–H and O–H groups in total. The fourth-order valence-corrected chi connectivity index (χ4v) is 2.73. The van der Waals surface area contributed by atoms with Crippen LogP contribution in [0.25, 0.3) is 0 Å². The van der Waals surface area contributed by atoms with Gasteiger partial charge in [-0.2, -0.15) is 0 Å². The van der Waals surface area contributed by atoms with Crippen LogP contribution in [0.15, 0.2) is 46.9 Å². The summed E-state index contributed by atoms with van der Waals surface area (Å²) < 4.78 is 1.00. The topological polar surface area (TPSA) is 84.3 Å². The summed E-state index contributed by atoms with van der Waals surface area (Å²) in [5, 5.41) is 16.8. The van der Waals surface area contributed by atoms with Gasteiger partial charge < -0.3 is 10.6 Å². The molecule has 1 atom stereocenters. The van der Waals surface area contributed by atoms with Crippen molar-refractivity contribution in [3.05, 3.63) is 68.2 Å². The highest BCUT2D eigenvalue weighted by Crippen LogP contribution is 2.22. The van der Waals surface area contributed by atoms with E-state index in [0.29, 0.717) is 5.69 Å². The van der Waals surface area contributed by atoms with Gasteiger partial charge in [0.25, 0.3) is 5.69 Å². The van der Waals surface area contributed by atoms with E-state index in [9.17, 15) is 14.9 Å². The van der Waals surface area contributed by atoms with E-state index >= 15 is 0 Å². The molecule has 0 aliphatic rings. The van der Waals surface area contributed by atoms with Crippen molar-refractivity contribution in [3.63, 3.8) is 0 Å². The lowest BCUT2D eigenvalue weighted by Crippen LogP contribution is -2.31. The highest BCUT2D eigenvalue weighted by Gasteiger charge is 2.13. The summed E-state index contributed by atoms with van der Waals surface area (Å²) in [6, 6.07) is 12.4. The van der Waals surface area contributed by atoms with Gasteiger partial charge in [-0.3, -0.25) is 14.9 Å². The van der Waals surface area contributed by atoms with Gasteiger partial charge in [-0.1, -0.05) is 41.1 Å². The number of halogens is 1. The first kappa shape index (κ1) is 19.1. The predicted molar refractivity (Wildman–Crippen MR) is 102 cm³/mol. The molecule has 0 aromatic heterocycles. The van der Waals surface area contributed by atoms with E-state index in [1.165, 1.54) is 12.1 Å². The third-order valence-electron chi connectivity index (χ3n) is 3.90. The normalized spacial score (nSPS) is 11.8. The van der Waals surface area contributed by atoms with Crippen LogP contribution in [-0.2, 0) is 4.79 Å². The molecule has 0 radical (unpaired) electrons. The zero-order valence-corrected chi connectivity index (χ0v) is 15.7. The number of aryl methyl sites for hydroxylation is 1. The number of amides is 1. The molecule has 1 amide bonds. The van der Waals surface area contributed by atoms with Crippen molar-refractivity contribution in [1.82, 2.24) is 5.32 Å². The molecule has 0 aliphatic carbocycles. The molecule has 0 bridgehead atoms. The second-order valence-corrected chi connectivity index (χ2v) is 6.61. The van der Waals surface area contributed by atoms with Gasteiger partial charge in [-0.15, -0.1) is 0 Å². The summed E-state index contributed by atoms with van der Waals surface area (Å²) in [4.78, 5) is 22.6. The summed E-state index contributed by atoms with van der Waals surface area (Å²) in [5.74, 6) is -0.237. The fourth-order valence-electron chi connectivity index (χ4n) is 2.46. The number of nitrogens with zero attached hydrogens (tertiary/aromatic N) is 1. The Morgan fingerprint density at radius 3 is 2.52 bits per heavy atom. The minimum Gasteiger partial charge on any atom is -0.324 e. The van der Waals surface area contributed by atoms with Crippen molar-refractivity contribution in [2.24, 2.45) is 0 Å². The average Bonchev–Trinajstić information content (AvgIpc) is 2.58. The fraction of sp³-hybridized carbons (Fsp3) is 0.278. The Morgan fingerprint density at radius 1 is 1.24 bits per heavy atom. The molecule has 2 aromatic rings. The van der Waals surface area contributed by atoms with Crippen LogP contribution >= 0.6 is 15.9 Å². The van der Waals surface area contributed by atoms with Crippen molar-refractivity contribution in [2.75, 3.05) is 11.9 Å². The third kappa shape index (κ3) is 5.37. The third-order valence-corrected chi connectivity index (χ3v) is 4.42. The second-order valence-electron chi connectivity index (χ2n) is 5.70. The highest BCUT2D eigenvalue weighted by atomic mass is 79.9. The first-order chi connectivity index (χ1) is 11.9. The molecule has 2 rings (SSSR count). The van der Waals surface area contributed by atoms with Crippen molar-refractivity contribution in [3.8, 4) is 0 Å². The summed E-state index contributed by atoms with van der Waals surface area (Å²) in [5.41, 5.74) is 2.29. The number of benzene rings is 2. The smallest absolute Gasteiger partial charge is 0.271 e. The van der Waals surface area contributed by atoms with E-state index in [4.69, 9.17) is 0 Å². The lowest BCUT2D eigenvalue weighted by molar-refractivity contribution is -0.384. The number of nitrogens with one attached hydrogen (secondary N) is 2. The average molecular weight is 406 g/mol. The Bertz CT molecular complexity index is 763. The summed E-state index contributed by atoms with van der Waals surface area (Å²) >= 11 is 3.41. The van der Waals surface area contributed by atoms with Crippen LogP contribution in [0.5, 0.6) is 0 Å². The number of non-ortho nitro benzene ring substituents is 1. The number of carbonyl (C=O) groups excluding carboxylic acids is 1. The molecule has 25 heavy (non-hydrogen) atoms. The number of carbonyl (C=O) groups is 1. The van der Waals surface area contributed by atoms with Crippen LogP contribution in [0.4, 0.5) is 11.4 Å². The minimum atomic E-state index is -0.478. The molecule has 0 saturated carbocycles. The zero-order chi connectivity index (χ0) is 18.4. The molecular formula is C18H20BrN3O3. The van der Waals surface area contributed by atoms with E-state index in [1.54, 1.807) is 13.0 Å². The van der Waals surface area contributed by atoms with Crippen molar-refractivity contribution < 1.29 is 9.72 Å². The number of nitro benzene ring substituents is 1. The maximum atomic E-state index is 12.2. The Kier molecular flexibility index (Phi) is 6.66. The highest BCUT2D eigenvalue weighted by molar-refractivity contribution is 9.10. The second kappa shape index (κ2) is 8.73. The summed E-state index contributed by atoms with van der Waals surface area (Å²) in [6.07, 6.45) is 0.838. The molecule has 132 valence electrons. The van der Waals surface area contributed by atoms with E-state index < -0.39 is 4.92 Å². The van der Waals surface area contributed by atoms with Crippen LogP contribution in [-0.4, -0.2) is 17.4 Å². The molecule has 0 heterocycles. The standard InChI is InChI=1S/C18H20BrN3O3/c1-3-16(13-5-7-14(19)8-6-13)20-11-18(23)21-17-10-15(22(24)25)9-4-12(17)2/h4-10,16,20H,3,11H2,1-2H3,(H,21,23)/t16-/m0/s1. The van der Waals surface area contributed by atoms with Crippen LogP contribution in [0.3, 0.4) is 0 Å². The zero-order valence-electron chi connectivity index (χ0n) is 14.1. The van der Waals surface area contributed by atoms with Crippen LogP contribution in [0.2, 0.25) is 0 Å². The Labute approximate surface area is 154 Å². The van der Waals surface area contributed by atoms with Crippen molar-refractivity contribution in [2.45, 2.75) is 26.3 Å². The lowest BCUT2D eigenvalue weighted by atomic mass is 10.0. The molecule has 0 aliphatic heterocycles. The predicted octanol–water partition coefficient (Wildman–Crippen LogP) is 4.35. The molecule has 0 saturated heterocycles. The lowest BCUT2D eigenvalue weighted by Gasteiger charge is -2.17. The van der Waals surface area contributed by atoms with Gasteiger partial charge in [0.05, 0.1) is 17.2 Å². The number of rotatable bonds is 7. The number of nitro groups is 1. The van der Waals surface area contributed by atoms with E-state index in [1.807, 2.05) is 31.2 Å². The van der Waals surface area contributed by atoms with E-state index in [2.05, 4.69) is 26.6 Å². The molecule has 0 fully saturated rings. The van der Waals surface area contributed by atoms with Gasteiger partial charge in [0.15, 0.2) is 0 Å². The first-order valence-electron chi connectivity index (χ1n) is 7.94. The number of hydrogen-bond donors (Lipinski definition) is 2. The molecule has 2 aromatic carbocycles. The Balaban J connectivity index is 1.99. The summed E-state index contributed by atoms with van der Waals surface area (Å²) in [7, 11) is 0. The van der Waals surface area contributed by atoms with Gasteiger partial charge in [-0.05, 0) is 36.6 Å². The van der Waals surface area contributed by atoms with Gasteiger partial charge in [0.2, 0.25) is 5.91 Å². The van der Waals surface area contributed by atoms with Crippen molar-refractivity contribution >= 4 is 33.2 Å². The number of hydrogen-bond acceptors (Lipinski definition) is 4. The Hall–Kier alpha value is -2.25. The maximum Gasteiger partial charge on any atom is 0.271 e. The van der Waals surface area contributed by atoms with Gasteiger partial charge in [0, 0.05) is 22.6 Å². The van der Waals surface area contributed by atoms with Gasteiger partial charge in [0.1, 0.15) is 0 Å². The van der Waals surface area contributed by atoms with E-state index in [0.717, 1.165) is 22.0 Å². The largest absolute Gasteiger partial charge is 0.324 e. The first-order valence-corrected chi connectivity index (χ1v) is 8.73. The minimum absolute atomic E-state index is 0.0462. The molecule has 0 unspecified atom stereocenters. The monoisotopic (exact) mass is 405 g/mol. The van der Waals surface area contributed by atoms with Crippen LogP contribution in [0.1, 0.15) is 30.5 Å². The quantitative estimate of drug-likeness (QED) is 0.529. The molecule has 0 spiro atoms. The SMILES string of the molecule is CC[C@H](NCC(=O)Nc1cc([N+](=O)[O-])ccc1C)c1ccc(Br)cc1. The number of anilines is 1. The molecule has 6 nitrogen and oxygen atoms in total. The molecule has 7 heteroatoms. The Morgan fingerprint density at radius 2 is 1.92 bits per heavy atom. The van der Waals surface area contributed by atoms with Crippen molar-refractivity contribution in [1.29, 1.82) is 0 Å². The summed E-state index contributed by atoms with van der Waals surface area (Å²) in [6.45, 7) is 3.96. The van der Waals surface area contributed by atoms with Crippen LogP contribution < -0.4 is 10.6 Å². The van der Waals surface area contributed by atoms with Crippen LogP contribution in [0, 0.1) is 17.0 Å². The van der Waals surface area contributed by atoms with Gasteiger partial charge >= 0.3 is 0 Å². The van der Waals surface area contributed by atoms with E-state index in [-0.39, 0.29) is 24.2 Å².